The molecule has 0 amide bonds. The highest BCUT2D eigenvalue weighted by Crippen LogP contribution is 2.32. The molecule has 606 valence electrons. The lowest BCUT2D eigenvalue weighted by atomic mass is 10.1. The Hall–Kier alpha value is -11.6. The van der Waals surface area contributed by atoms with Crippen molar-refractivity contribution in [2.24, 2.45) is 0 Å². The van der Waals surface area contributed by atoms with Gasteiger partial charge in [0.25, 0.3) is 0 Å². The van der Waals surface area contributed by atoms with E-state index >= 15 is 0 Å². The predicted molar refractivity (Wildman–Crippen MR) is 467 cm³/mol. The lowest BCUT2D eigenvalue weighted by Gasteiger charge is -2.12. The number of pyridine rings is 7. The quantitative estimate of drug-likeness (QED) is 0.0431. The van der Waals surface area contributed by atoms with Crippen LogP contribution in [0.2, 0.25) is 25.6 Å². The second kappa shape index (κ2) is 36.1. The van der Waals surface area contributed by atoms with Crippen LogP contribution in [-0.2, 0) is 58.9 Å². The van der Waals surface area contributed by atoms with E-state index in [1.165, 1.54) is 27.4 Å². The van der Waals surface area contributed by atoms with Gasteiger partial charge in [0, 0.05) is 93.1 Å². The molecule has 16 aromatic rings. The Bertz CT molecular complexity index is 6550. The van der Waals surface area contributed by atoms with Crippen LogP contribution in [0, 0.1) is 59.0 Å². The van der Waals surface area contributed by atoms with Crippen molar-refractivity contribution in [2.75, 3.05) is 30.0 Å². The fourth-order valence-corrected chi connectivity index (χ4v) is 15.4. The van der Waals surface area contributed by atoms with Crippen molar-refractivity contribution in [3.8, 4) is 5.75 Å². The maximum atomic E-state index is 13.4. The molecule has 16 rings (SSSR count). The van der Waals surface area contributed by atoms with Gasteiger partial charge in [-0.2, -0.15) is 39.9 Å². The number of methoxy groups -OCH3 is 1. The minimum atomic E-state index is -0.314. The number of hydrogen-bond donors (Lipinski definition) is 4. The molecule has 33 nitrogen and oxygen atoms in total. The molecular weight excluding hydrogens is 1790 g/mol. The highest BCUT2D eigenvalue weighted by atomic mass is 127. The third-order valence-corrected chi connectivity index (χ3v) is 24.0. The number of fused-ring (bicyclic) bond motifs is 4. The summed E-state index contributed by atoms with van der Waals surface area (Å²) in [7, 11) is 1.61. The molecule has 0 saturated heterocycles. The topological polar surface area (TPSA) is 419 Å². The Labute approximate surface area is 719 Å². The fraction of sp³-hybridized carbons (Fsp3) is 0.244. The molecule has 0 fully saturated rings. The summed E-state index contributed by atoms with van der Waals surface area (Å²) < 4.78 is 21.8. The van der Waals surface area contributed by atoms with E-state index in [4.69, 9.17) is 85.7 Å². The largest absolute Gasteiger partial charge is 0.496 e. The normalized spacial score (nSPS) is 11.3. The standard InChI is InChI=1S/C20H21ClIN7O.C20H20ClN7O2.C19H17BrClN7O.C19H17Cl2N7O/c1-12-10-24-14(13(2)15(12)22)11-29-18-16(17(21)25-19(23)26-18)28(20(29)30)9-5-8-27-6-3-4-7-27;1-11-8-24-14(12(2)16(11)30-3)10-28-18-15(17(21)25-19(22)26-18)27(20(28)29)9-13-6-4-5-7-23-13;2*1-10-7-24-13(11(2)14(10)20)9-28-17-15(16(21)25-18(22)26-17)27(19(28)29)8-12-5-3-4-6-23-12/h3-4,6-7,10H,5,8-9,11H2,1-2H3,(H2,23,25,26);4-8H,9-10H2,1-3H3,(H2,22,25,26);2*3-7H,8-9H2,1-2H3,(H2,22,25,26). The molecule has 0 aliphatic carbocycles. The summed E-state index contributed by atoms with van der Waals surface area (Å²) in [4.78, 5) is 117. The fourth-order valence-electron chi connectivity index (χ4n) is 13.4. The third kappa shape index (κ3) is 17.7. The second-order valence-electron chi connectivity index (χ2n) is 27.3. The van der Waals surface area contributed by atoms with E-state index < -0.39 is 0 Å². The molecule has 0 aliphatic heterocycles. The number of nitrogen functional groups attached to an aromatic ring is 4. The van der Waals surface area contributed by atoms with Crippen LogP contribution in [0.25, 0.3) is 44.7 Å². The van der Waals surface area contributed by atoms with Gasteiger partial charge in [0.15, 0.2) is 43.2 Å². The van der Waals surface area contributed by atoms with Crippen molar-refractivity contribution in [1.29, 1.82) is 0 Å². The van der Waals surface area contributed by atoms with Gasteiger partial charge < -0.3 is 32.2 Å². The molecule has 0 radical (unpaired) electrons. The Balaban J connectivity index is 0.000000136. The first-order valence-corrected chi connectivity index (χ1v) is 40.1. The number of aryl methyl sites for hydroxylation is 6. The van der Waals surface area contributed by atoms with Crippen LogP contribution in [0.3, 0.4) is 0 Å². The molecular formula is C78H75BrCl5IN28O5. The molecule has 118 heavy (non-hydrogen) atoms. The summed E-state index contributed by atoms with van der Waals surface area (Å²) >= 11 is 37.7. The lowest BCUT2D eigenvalue weighted by Crippen LogP contribution is -2.26. The van der Waals surface area contributed by atoms with Crippen LogP contribution in [0.5, 0.6) is 5.75 Å². The zero-order chi connectivity index (χ0) is 84.2. The van der Waals surface area contributed by atoms with E-state index in [1.54, 1.807) is 53.4 Å². The molecule has 16 heterocycles. The maximum Gasteiger partial charge on any atom is 0.331 e. The van der Waals surface area contributed by atoms with Crippen molar-refractivity contribution in [2.45, 2.75) is 121 Å². The Kier molecular flexibility index (Phi) is 25.8. The van der Waals surface area contributed by atoms with Gasteiger partial charge in [-0.05, 0) is 166 Å². The highest BCUT2D eigenvalue weighted by molar-refractivity contribution is 14.1. The zero-order valence-corrected chi connectivity index (χ0v) is 72.4. The molecule has 0 saturated carbocycles. The average molecular weight is 1870 g/mol. The average Bonchev–Trinajstić information content (AvgIpc) is 1.62. The molecule has 0 aromatic carbocycles. The van der Waals surface area contributed by atoms with E-state index in [1.807, 2.05) is 141 Å². The van der Waals surface area contributed by atoms with Gasteiger partial charge in [-0.3, -0.25) is 71.4 Å². The number of anilines is 4. The van der Waals surface area contributed by atoms with Gasteiger partial charge in [-0.1, -0.05) is 92.1 Å². The first-order chi connectivity index (χ1) is 56.5. The van der Waals surface area contributed by atoms with E-state index in [0.717, 1.165) is 82.7 Å². The number of halogens is 7. The number of nitrogens with zero attached hydrogens (tertiary/aromatic N) is 24. The Morgan fingerprint density at radius 2 is 0.720 bits per heavy atom. The summed E-state index contributed by atoms with van der Waals surface area (Å²) in [5.41, 5.74) is 37.9. The van der Waals surface area contributed by atoms with E-state index in [-0.39, 0.29) is 113 Å². The molecule has 0 atom stereocenters. The minimum absolute atomic E-state index is 0.000930. The van der Waals surface area contributed by atoms with Crippen LogP contribution < -0.4 is 50.4 Å². The van der Waals surface area contributed by atoms with Gasteiger partial charge in [-0.15, -0.1) is 0 Å². The number of rotatable bonds is 19. The smallest absolute Gasteiger partial charge is 0.331 e. The molecule has 8 N–H and O–H groups in total. The van der Waals surface area contributed by atoms with Gasteiger partial charge >= 0.3 is 22.8 Å². The van der Waals surface area contributed by atoms with Gasteiger partial charge in [0.2, 0.25) is 23.8 Å². The Morgan fingerprint density at radius 1 is 0.381 bits per heavy atom. The number of aromatic nitrogens is 24. The Morgan fingerprint density at radius 3 is 1.10 bits per heavy atom. The van der Waals surface area contributed by atoms with E-state index in [2.05, 4.69) is 118 Å². The number of nitrogens with two attached hydrogens (primary N) is 4. The monoisotopic (exact) mass is 1860 g/mol. The maximum absolute atomic E-state index is 13.4. The van der Waals surface area contributed by atoms with Crippen molar-refractivity contribution in [3.63, 3.8) is 0 Å². The molecule has 16 aromatic heterocycles. The van der Waals surface area contributed by atoms with E-state index in [0.29, 0.717) is 84.7 Å². The number of imidazole rings is 4. The van der Waals surface area contributed by atoms with Gasteiger partial charge in [-0.25, -0.2) is 19.2 Å². The van der Waals surface area contributed by atoms with Gasteiger partial charge in [0.05, 0.1) is 92.8 Å². The van der Waals surface area contributed by atoms with Crippen LogP contribution in [0.15, 0.2) is 146 Å². The predicted octanol–water partition coefficient (Wildman–Crippen LogP) is 11.8. The third-order valence-electron chi connectivity index (χ3n) is 19.5. The molecule has 40 heteroatoms. The molecule has 0 bridgehead atoms. The van der Waals surface area contributed by atoms with Crippen molar-refractivity contribution in [3.05, 3.63) is 282 Å². The van der Waals surface area contributed by atoms with Crippen molar-refractivity contribution in [1.82, 2.24) is 116 Å². The van der Waals surface area contributed by atoms with Crippen LogP contribution in [0.1, 0.15) is 90.8 Å². The molecule has 0 aliphatic rings. The van der Waals surface area contributed by atoms with Crippen LogP contribution >= 0.6 is 96.5 Å². The highest BCUT2D eigenvalue weighted by Gasteiger charge is 2.27. The first kappa shape index (κ1) is 84.3. The second-order valence-corrected chi connectivity index (χ2v) is 31.0. The van der Waals surface area contributed by atoms with Crippen molar-refractivity contribution < 1.29 is 4.74 Å². The summed E-state index contributed by atoms with van der Waals surface area (Å²) in [5, 5.41) is 1.13. The van der Waals surface area contributed by atoms with Crippen molar-refractivity contribution >= 4 is 165 Å². The summed E-state index contributed by atoms with van der Waals surface area (Å²) in [5.74, 6) is 0.743. The summed E-state index contributed by atoms with van der Waals surface area (Å²) in [6, 6.07) is 20.4. The lowest BCUT2D eigenvalue weighted by molar-refractivity contribution is 0.406. The van der Waals surface area contributed by atoms with E-state index in [9.17, 15) is 19.2 Å². The molecule has 0 spiro atoms. The first-order valence-electron chi connectivity index (χ1n) is 36.3. The van der Waals surface area contributed by atoms with Crippen LogP contribution in [0.4, 0.5) is 23.8 Å². The summed E-state index contributed by atoms with van der Waals surface area (Å²) in [6.07, 6.45) is 16.7. The minimum Gasteiger partial charge on any atom is -0.496 e. The summed E-state index contributed by atoms with van der Waals surface area (Å²) in [6.45, 7) is 18.3. The molecule has 0 unspecified atom stereocenters. The van der Waals surface area contributed by atoms with Crippen LogP contribution in [-0.4, -0.2) is 123 Å². The number of hydrogen-bond acceptors (Lipinski definition) is 24. The number of ether oxygens (including phenoxy) is 1. The zero-order valence-electron chi connectivity index (χ0n) is 64.8. The van der Waals surface area contributed by atoms with Gasteiger partial charge in [0.1, 0.15) is 27.8 Å². The SMILES string of the molecule is COc1c(C)cnc(Cn2c(=O)n(Cc3ccccn3)c3c(Cl)nc(N)nc32)c1C.Cc1cnc(Cn2c(=O)n(CCCn3cccc3)c3c(Cl)nc(N)nc32)c(C)c1I.Cc1cnc(Cn2c(=O)n(Cc3ccccn3)c3c(Cl)nc(N)nc32)c(C)c1Br.Cc1cnc(Cn2c(=O)n(Cc3ccccn3)c3c(Cl)nc(N)nc32)c(C)c1Cl.